The van der Waals surface area contributed by atoms with Crippen molar-refractivity contribution in [2.75, 3.05) is 18.1 Å². The van der Waals surface area contributed by atoms with E-state index < -0.39 is 12.6 Å². The van der Waals surface area contributed by atoms with Crippen molar-refractivity contribution in [2.45, 2.75) is 6.92 Å². The van der Waals surface area contributed by atoms with Gasteiger partial charge < -0.3 is 14.6 Å². The number of nitrogens with zero attached hydrogens (tertiary/aromatic N) is 1. The number of benzene rings is 2. The highest BCUT2D eigenvalue weighted by Crippen LogP contribution is 2.39. The lowest BCUT2D eigenvalue weighted by molar-refractivity contribution is -0.139. The standard InChI is InChI=1S/C20H16BrNO5S2/c1-2-26-16-9-12(7-8-15(16)27-11-18(23)24)10-17-19(25)22(20(28)29-17)14-6-4-3-5-13(14)21/h3-10H,2,11H2,1H3,(H,23,24)/b17-10+. The second kappa shape index (κ2) is 9.43. The third-order valence-corrected chi connectivity index (χ3v) is 5.78. The molecule has 3 rings (SSSR count). The van der Waals surface area contributed by atoms with Crippen molar-refractivity contribution in [3.8, 4) is 11.5 Å². The van der Waals surface area contributed by atoms with Crippen LogP contribution in [0, 0.1) is 0 Å². The Morgan fingerprint density at radius 3 is 2.69 bits per heavy atom. The fourth-order valence-electron chi connectivity index (χ4n) is 2.60. The Bertz CT molecular complexity index is 1010. The van der Waals surface area contributed by atoms with Crippen molar-refractivity contribution >= 4 is 67.9 Å². The highest BCUT2D eigenvalue weighted by atomic mass is 79.9. The van der Waals surface area contributed by atoms with E-state index in [1.54, 1.807) is 24.3 Å². The molecule has 0 radical (unpaired) electrons. The van der Waals surface area contributed by atoms with E-state index in [1.807, 2.05) is 31.2 Å². The smallest absolute Gasteiger partial charge is 0.341 e. The van der Waals surface area contributed by atoms with Crippen LogP contribution in [-0.2, 0) is 9.59 Å². The number of carboxylic acid groups (broad SMARTS) is 1. The lowest BCUT2D eigenvalue weighted by atomic mass is 10.1. The van der Waals surface area contributed by atoms with Crippen LogP contribution in [0.5, 0.6) is 11.5 Å². The van der Waals surface area contributed by atoms with Crippen molar-refractivity contribution in [2.24, 2.45) is 0 Å². The van der Waals surface area contributed by atoms with Gasteiger partial charge in [-0.2, -0.15) is 0 Å². The van der Waals surface area contributed by atoms with Gasteiger partial charge >= 0.3 is 5.97 Å². The lowest BCUT2D eigenvalue weighted by Crippen LogP contribution is -2.27. The Morgan fingerprint density at radius 1 is 1.24 bits per heavy atom. The van der Waals surface area contributed by atoms with Gasteiger partial charge in [0, 0.05) is 4.47 Å². The summed E-state index contributed by atoms with van der Waals surface area (Å²) in [6.07, 6.45) is 1.72. The Labute approximate surface area is 185 Å². The Hall–Kier alpha value is -2.36. The van der Waals surface area contributed by atoms with Crippen LogP contribution in [-0.4, -0.2) is 34.5 Å². The topological polar surface area (TPSA) is 76.1 Å². The summed E-state index contributed by atoms with van der Waals surface area (Å²) in [5.41, 5.74) is 1.40. The summed E-state index contributed by atoms with van der Waals surface area (Å²) in [7, 11) is 0. The summed E-state index contributed by atoms with van der Waals surface area (Å²) < 4.78 is 12.0. The van der Waals surface area contributed by atoms with E-state index in [4.69, 9.17) is 26.8 Å². The number of aliphatic carboxylic acids is 1. The third-order valence-electron chi connectivity index (χ3n) is 3.80. The second-order valence-corrected chi connectivity index (χ2v) is 8.32. The minimum atomic E-state index is -1.08. The zero-order valence-corrected chi connectivity index (χ0v) is 18.5. The SMILES string of the molecule is CCOc1cc(/C=C2/SC(=S)N(c3ccccc3Br)C2=O)ccc1OCC(=O)O. The number of carbonyl (C=O) groups is 2. The molecule has 1 amide bonds. The first kappa shape index (κ1) is 21.4. The van der Waals surface area contributed by atoms with E-state index in [9.17, 15) is 9.59 Å². The summed E-state index contributed by atoms with van der Waals surface area (Å²) in [5, 5.41) is 8.80. The largest absolute Gasteiger partial charge is 0.490 e. The number of rotatable bonds is 7. The fraction of sp³-hybridized carbons (Fsp3) is 0.150. The van der Waals surface area contributed by atoms with Gasteiger partial charge in [-0.05, 0) is 58.8 Å². The van der Waals surface area contributed by atoms with E-state index in [0.29, 0.717) is 38.6 Å². The number of amides is 1. The number of ether oxygens (including phenoxy) is 2. The monoisotopic (exact) mass is 493 g/mol. The minimum absolute atomic E-state index is 0.212. The van der Waals surface area contributed by atoms with Crippen LogP contribution in [0.1, 0.15) is 12.5 Å². The average molecular weight is 494 g/mol. The second-order valence-electron chi connectivity index (χ2n) is 5.79. The summed E-state index contributed by atoms with van der Waals surface area (Å²) >= 11 is 10.1. The number of carboxylic acids is 1. The van der Waals surface area contributed by atoms with Crippen molar-refractivity contribution in [3.05, 3.63) is 57.4 Å². The highest BCUT2D eigenvalue weighted by molar-refractivity contribution is 9.10. The van der Waals surface area contributed by atoms with Gasteiger partial charge in [-0.25, -0.2) is 4.79 Å². The van der Waals surface area contributed by atoms with Gasteiger partial charge in [0.15, 0.2) is 22.4 Å². The lowest BCUT2D eigenvalue weighted by Gasteiger charge is -2.16. The first-order valence-electron chi connectivity index (χ1n) is 8.54. The van der Waals surface area contributed by atoms with Gasteiger partial charge in [0.1, 0.15) is 0 Å². The highest BCUT2D eigenvalue weighted by Gasteiger charge is 2.34. The number of hydrogen-bond donors (Lipinski definition) is 1. The Kier molecular flexibility index (Phi) is 6.94. The van der Waals surface area contributed by atoms with Gasteiger partial charge in [0.2, 0.25) is 0 Å². The van der Waals surface area contributed by atoms with E-state index >= 15 is 0 Å². The fourth-order valence-corrected chi connectivity index (χ4v) is 4.35. The number of halogens is 1. The molecule has 1 N–H and O–H groups in total. The van der Waals surface area contributed by atoms with Crippen LogP contribution in [0.4, 0.5) is 5.69 Å². The van der Waals surface area contributed by atoms with Crippen LogP contribution < -0.4 is 14.4 Å². The maximum atomic E-state index is 12.9. The van der Waals surface area contributed by atoms with Gasteiger partial charge in [-0.1, -0.05) is 42.2 Å². The van der Waals surface area contributed by atoms with E-state index in [2.05, 4.69) is 15.9 Å². The molecule has 0 atom stereocenters. The number of thiocarbonyl (C=S) groups is 1. The number of para-hydroxylation sites is 1. The number of carbonyl (C=O) groups excluding carboxylic acids is 1. The quantitative estimate of drug-likeness (QED) is 0.441. The first-order chi connectivity index (χ1) is 13.9. The molecule has 6 nitrogen and oxygen atoms in total. The van der Waals surface area contributed by atoms with Crippen molar-refractivity contribution in [1.82, 2.24) is 0 Å². The maximum absolute atomic E-state index is 12.9. The molecule has 150 valence electrons. The molecule has 2 aromatic rings. The van der Waals surface area contributed by atoms with Gasteiger partial charge in [-0.15, -0.1) is 0 Å². The van der Waals surface area contributed by atoms with E-state index in [0.717, 1.165) is 4.47 Å². The van der Waals surface area contributed by atoms with Crippen LogP contribution in [0.15, 0.2) is 51.8 Å². The summed E-state index contributed by atoms with van der Waals surface area (Å²) in [4.78, 5) is 25.6. The molecule has 0 bridgehead atoms. The normalized spacial score (nSPS) is 15.1. The molecule has 1 fully saturated rings. The van der Waals surface area contributed by atoms with Gasteiger partial charge in [0.05, 0.1) is 17.2 Å². The molecule has 9 heteroatoms. The molecule has 0 aromatic heterocycles. The van der Waals surface area contributed by atoms with Crippen LogP contribution in [0.2, 0.25) is 0 Å². The van der Waals surface area contributed by atoms with Gasteiger partial charge in [-0.3, -0.25) is 9.69 Å². The molecular weight excluding hydrogens is 478 g/mol. The zero-order valence-electron chi connectivity index (χ0n) is 15.3. The van der Waals surface area contributed by atoms with Crippen molar-refractivity contribution < 1.29 is 24.2 Å². The van der Waals surface area contributed by atoms with Crippen LogP contribution >= 0.6 is 39.9 Å². The van der Waals surface area contributed by atoms with Crippen LogP contribution in [0.3, 0.4) is 0 Å². The number of anilines is 1. The Morgan fingerprint density at radius 2 is 2.00 bits per heavy atom. The summed E-state index contributed by atoms with van der Waals surface area (Å²) in [5.74, 6) is -0.556. The molecule has 0 unspecified atom stereocenters. The molecule has 2 aromatic carbocycles. The summed E-state index contributed by atoms with van der Waals surface area (Å²) in [6.45, 7) is 1.73. The van der Waals surface area contributed by atoms with E-state index in [1.165, 1.54) is 16.7 Å². The van der Waals surface area contributed by atoms with Crippen molar-refractivity contribution in [1.29, 1.82) is 0 Å². The third kappa shape index (κ3) is 4.98. The Balaban J connectivity index is 1.89. The molecule has 0 saturated carbocycles. The zero-order chi connectivity index (χ0) is 21.0. The molecular formula is C20H16BrNO5S2. The number of thioether (sulfide) groups is 1. The first-order valence-corrected chi connectivity index (χ1v) is 10.6. The molecule has 0 aliphatic carbocycles. The summed E-state index contributed by atoms with van der Waals surface area (Å²) in [6, 6.07) is 12.4. The predicted molar refractivity (Wildman–Crippen MR) is 121 cm³/mol. The van der Waals surface area contributed by atoms with Crippen LogP contribution in [0.25, 0.3) is 6.08 Å². The van der Waals surface area contributed by atoms with Crippen molar-refractivity contribution in [3.63, 3.8) is 0 Å². The molecule has 1 aliphatic heterocycles. The average Bonchev–Trinajstić information content (AvgIpc) is 2.95. The molecule has 29 heavy (non-hydrogen) atoms. The maximum Gasteiger partial charge on any atom is 0.341 e. The molecule has 1 aliphatic rings. The predicted octanol–water partition coefficient (Wildman–Crippen LogP) is 4.72. The van der Waals surface area contributed by atoms with E-state index in [-0.39, 0.29) is 5.91 Å². The molecule has 1 heterocycles. The molecule has 0 spiro atoms. The number of hydrogen-bond acceptors (Lipinski definition) is 6. The minimum Gasteiger partial charge on any atom is -0.490 e. The molecule has 1 saturated heterocycles. The van der Waals surface area contributed by atoms with Gasteiger partial charge in [0.25, 0.3) is 5.91 Å².